The molecule has 0 atom stereocenters. The minimum absolute atomic E-state index is 0.0279. The van der Waals surface area contributed by atoms with Crippen LogP contribution in [0.25, 0.3) is 11.3 Å². The van der Waals surface area contributed by atoms with Crippen LogP contribution in [0.4, 0.5) is 29.7 Å². The maximum atomic E-state index is 13.7. The van der Waals surface area contributed by atoms with E-state index in [1.54, 1.807) is 23.6 Å². The Kier molecular flexibility index (Phi) is 8.35. The maximum absolute atomic E-state index is 13.7. The van der Waals surface area contributed by atoms with E-state index in [9.17, 15) is 18.0 Å². The molecule has 2 heterocycles. The summed E-state index contributed by atoms with van der Waals surface area (Å²) in [6, 6.07) is 9.26. The Bertz CT molecular complexity index is 1200. The maximum Gasteiger partial charge on any atom is 0.420 e. The van der Waals surface area contributed by atoms with Crippen molar-refractivity contribution in [2.75, 3.05) is 23.8 Å². The molecule has 0 fully saturated rings. The first kappa shape index (κ1) is 25.8. The summed E-state index contributed by atoms with van der Waals surface area (Å²) in [4.78, 5) is 16.1. The van der Waals surface area contributed by atoms with Crippen molar-refractivity contribution < 1.29 is 27.4 Å². The van der Waals surface area contributed by atoms with Crippen molar-refractivity contribution in [3.63, 3.8) is 0 Å². The number of halogens is 3. The number of benzene rings is 2. The van der Waals surface area contributed by atoms with Gasteiger partial charge in [-0.1, -0.05) is 39.0 Å². The number of fused-ring (bicyclic) bond motifs is 1. The minimum Gasteiger partial charge on any atom is -0.493 e. The van der Waals surface area contributed by atoms with Crippen LogP contribution < -0.4 is 20.1 Å². The molecule has 2 N–H and O–H groups in total. The molecule has 1 aromatic heterocycles. The van der Waals surface area contributed by atoms with Gasteiger partial charge < -0.3 is 20.1 Å². The molecule has 0 saturated heterocycles. The third-order valence-electron chi connectivity index (χ3n) is 5.70. The fraction of sp³-hybridized carbons (Fsp3) is 0.385. The number of hydrogen-bond acceptors (Lipinski definition) is 6. The third kappa shape index (κ3) is 6.69. The number of rotatable bonds is 11. The highest BCUT2D eigenvalue weighted by Gasteiger charge is 2.35. The molecular formula is C26H28F3N3O3S. The fourth-order valence-electron chi connectivity index (χ4n) is 3.85. The van der Waals surface area contributed by atoms with Crippen molar-refractivity contribution >= 4 is 33.8 Å². The molecule has 192 valence electrons. The zero-order valence-electron chi connectivity index (χ0n) is 19.9. The average Bonchev–Trinajstić information content (AvgIpc) is 3.31. The van der Waals surface area contributed by atoms with Crippen molar-refractivity contribution in [2.24, 2.45) is 0 Å². The summed E-state index contributed by atoms with van der Waals surface area (Å²) in [6.07, 6.45) is 1.65. The van der Waals surface area contributed by atoms with Crippen LogP contribution in [0.2, 0.25) is 0 Å². The average molecular weight is 520 g/mol. The summed E-state index contributed by atoms with van der Waals surface area (Å²) in [7, 11) is 0. The van der Waals surface area contributed by atoms with Gasteiger partial charge in [0.2, 0.25) is 0 Å². The van der Waals surface area contributed by atoms with E-state index in [4.69, 9.17) is 9.47 Å². The Morgan fingerprint density at radius 1 is 1.11 bits per heavy atom. The highest BCUT2D eigenvalue weighted by atomic mass is 32.1. The molecule has 0 saturated carbocycles. The quantitative estimate of drug-likeness (QED) is 0.255. The summed E-state index contributed by atoms with van der Waals surface area (Å²) in [5.74, 6) is 0.172. The van der Waals surface area contributed by atoms with E-state index < -0.39 is 11.7 Å². The lowest BCUT2D eigenvalue weighted by Gasteiger charge is -2.18. The Morgan fingerprint density at radius 2 is 1.92 bits per heavy atom. The summed E-state index contributed by atoms with van der Waals surface area (Å²) < 4.78 is 52.0. The predicted octanol–water partition coefficient (Wildman–Crippen LogP) is 7.64. The summed E-state index contributed by atoms with van der Waals surface area (Å²) in [5, 5.41) is 7.94. The van der Waals surface area contributed by atoms with E-state index in [0.717, 1.165) is 43.7 Å². The van der Waals surface area contributed by atoms with Crippen LogP contribution in [0.15, 0.2) is 41.8 Å². The summed E-state index contributed by atoms with van der Waals surface area (Å²) in [6.45, 7) is 2.37. The topological polar surface area (TPSA) is 72.5 Å². The number of nitrogens with one attached hydrogen (secondary N) is 2. The smallest absolute Gasteiger partial charge is 0.420 e. The van der Waals surface area contributed by atoms with Crippen molar-refractivity contribution in [1.82, 2.24) is 4.98 Å². The second kappa shape index (κ2) is 11.6. The van der Waals surface area contributed by atoms with Gasteiger partial charge in [0.05, 0.1) is 23.6 Å². The molecule has 1 aliphatic rings. The van der Waals surface area contributed by atoms with Gasteiger partial charge in [0.25, 0.3) is 5.91 Å². The highest BCUT2D eigenvalue weighted by molar-refractivity contribution is 7.14. The molecule has 1 aliphatic heterocycles. The number of unbranched alkanes of at least 4 members (excludes halogenated alkanes) is 5. The standard InChI is InChI=1S/C26H28F3N3O3S/c1-2-3-4-5-6-7-12-34-22-11-9-18(14-19(22)26(27,28)29)30-25-32-21(16-36-25)17-8-10-23-20(13-17)31-24(33)15-35-23/h8-11,13-14,16H,2-7,12,15H2,1H3,(H,30,32)(H,31,33). The van der Waals surface area contributed by atoms with Gasteiger partial charge in [-0.2, -0.15) is 13.2 Å². The molecule has 6 nitrogen and oxygen atoms in total. The molecule has 4 rings (SSSR count). The first-order valence-electron chi connectivity index (χ1n) is 12.0. The van der Waals surface area contributed by atoms with E-state index in [1.807, 2.05) is 6.07 Å². The van der Waals surface area contributed by atoms with E-state index in [1.165, 1.54) is 23.8 Å². The number of aromatic nitrogens is 1. The second-order valence-corrected chi connectivity index (χ2v) is 9.39. The SMILES string of the molecule is CCCCCCCCOc1ccc(Nc2nc(-c3ccc4c(c3)NC(=O)CO4)cs2)cc1C(F)(F)F. The molecule has 36 heavy (non-hydrogen) atoms. The van der Waals surface area contributed by atoms with Crippen LogP contribution in [0.5, 0.6) is 11.5 Å². The first-order valence-corrected chi connectivity index (χ1v) is 12.8. The largest absolute Gasteiger partial charge is 0.493 e. The zero-order chi connectivity index (χ0) is 25.5. The number of anilines is 3. The molecule has 1 amide bonds. The number of hydrogen-bond donors (Lipinski definition) is 2. The zero-order valence-corrected chi connectivity index (χ0v) is 20.7. The molecule has 0 unspecified atom stereocenters. The Morgan fingerprint density at radius 3 is 2.72 bits per heavy atom. The molecule has 0 bridgehead atoms. The lowest BCUT2D eigenvalue weighted by Crippen LogP contribution is -2.25. The van der Waals surface area contributed by atoms with E-state index in [2.05, 4.69) is 22.5 Å². The van der Waals surface area contributed by atoms with Crippen LogP contribution in [-0.2, 0) is 11.0 Å². The van der Waals surface area contributed by atoms with Gasteiger partial charge in [0.1, 0.15) is 11.5 Å². The minimum atomic E-state index is -4.54. The van der Waals surface area contributed by atoms with Crippen molar-refractivity contribution in [3.05, 3.63) is 47.3 Å². The molecule has 0 aliphatic carbocycles. The Balaban J connectivity index is 1.42. The van der Waals surface area contributed by atoms with Gasteiger partial charge >= 0.3 is 6.18 Å². The van der Waals surface area contributed by atoms with Crippen molar-refractivity contribution in [1.29, 1.82) is 0 Å². The number of ether oxygens (including phenoxy) is 2. The molecule has 0 spiro atoms. The van der Waals surface area contributed by atoms with Gasteiger partial charge in [-0.3, -0.25) is 4.79 Å². The lowest BCUT2D eigenvalue weighted by molar-refractivity contribution is -0.138. The Labute approximate surface area is 211 Å². The number of carbonyl (C=O) groups excluding carboxylic acids is 1. The van der Waals surface area contributed by atoms with Crippen LogP contribution in [0.1, 0.15) is 51.0 Å². The van der Waals surface area contributed by atoms with Crippen LogP contribution in [0.3, 0.4) is 0 Å². The van der Waals surface area contributed by atoms with Gasteiger partial charge in [0, 0.05) is 16.6 Å². The van der Waals surface area contributed by atoms with Gasteiger partial charge in [0.15, 0.2) is 11.7 Å². The number of alkyl halides is 3. The van der Waals surface area contributed by atoms with Crippen molar-refractivity contribution in [3.8, 4) is 22.8 Å². The second-order valence-electron chi connectivity index (χ2n) is 8.54. The van der Waals surface area contributed by atoms with Crippen LogP contribution >= 0.6 is 11.3 Å². The number of nitrogens with zero attached hydrogens (tertiary/aromatic N) is 1. The van der Waals surface area contributed by atoms with Crippen LogP contribution in [-0.4, -0.2) is 24.1 Å². The molecule has 3 aromatic rings. The number of carbonyl (C=O) groups is 1. The Hall–Kier alpha value is -3.27. The van der Waals surface area contributed by atoms with Crippen molar-refractivity contribution in [2.45, 2.75) is 51.6 Å². The summed E-state index contributed by atoms with van der Waals surface area (Å²) >= 11 is 1.27. The third-order valence-corrected chi connectivity index (χ3v) is 6.46. The van der Waals surface area contributed by atoms with Gasteiger partial charge in [-0.15, -0.1) is 11.3 Å². The molecule has 2 aromatic carbocycles. The number of thiazole rings is 1. The lowest BCUT2D eigenvalue weighted by atomic mass is 10.1. The van der Waals surface area contributed by atoms with E-state index in [0.29, 0.717) is 22.3 Å². The van der Waals surface area contributed by atoms with E-state index >= 15 is 0 Å². The summed E-state index contributed by atoms with van der Waals surface area (Å²) in [5.41, 5.74) is 1.37. The number of amides is 1. The van der Waals surface area contributed by atoms with Gasteiger partial charge in [-0.05, 0) is 42.8 Å². The first-order chi connectivity index (χ1) is 17.3. The van der Waals surface area contributed by atoms with Crippen LogP contribution in [0, 0.1) is 0 Å². The van der Waals surface area contributed by atoms with Gasteiger partial charge in [-0.25, -0.2) is 4.98 Å². The monoisotopic (exact) mass is 519 g/mol. The van der Waals surface area contributed by atoms with E-state index in [-0.39, 0.29) is 30.6 Å². The highest BCUT2D eigenvalue weighted by Crippen LogP contribution is 2.39. The molecule has 0 radical (unpaired) electrons. The normalized spacial score (nSPS) is 13.1. The molecular weight excluding hydrogens is 491 g/mol. The predicted molar refractivity (Wildman–Crippen MR) is 135 cm³/mol. The fourth-order valence-corrected chi connectivity index (χ4v) is 4.59. The molecule has 10 heteroatoms.